The van der Waals surface area contributed by atoms with Gasteiger partial charge in [0.2, 0.25) is 17.7 Å². The largest absolute Gasteiger partial charge is 0.497 e. The van der Waals surface area contributed by atoms with Crippen molar-refractivity contribution >= 4 is 41.4 Å². The van der Waals surface area contributed by atoms with Gasteiger partial charge in [-0.25, -0.2) is 4.79 Å². The summed E-state index contributed by atoms with van der Waals surface area (Å²) in [5.74, 6) is -1.65. The number of rotatable bonds is 12. The number of carbonyl (C=O) groups excluding carboxylic acids is 4. The highest BCUT2D eigenvalue weighted by molar-refractivity contribution is 6.04. The molecule has 3 aromatic carbocycles. The third-order valence-corrected chi connectivity index (χ3v) is 9.40. The summed E-state index contributed by atoms with van der Waals surface area (Å²) in [5.41, 5.74) is 1.64. The van der Waals surface area contributed by atoms with E-state index in [-0.39, 0.29) is 29.3 Å². The fourth-order valence-electron chi connectivity index (χ4n) is 6.88. The molecule has 2 atom stereocenters. The van der Waals surface area contributed by atoms with Crippen LogP contribution in [0.15, 0.2) is 84.6 Å². The van der Waals surface area contributed by atoms with E-state index in [1.54, 1.807) is 41.2 Å². The van der Waals surface area contributed by atoms with Gasteiger partial charge in [-0.3, -0.25) is 24.1 Å². The molecule has 0 radical (unpaired) electrons. The van der Waals surface area contributed by atoms with Gasteiger partial charge in [0.15, 0.2) is 0 Å². The molecule has 2 fully saturated rings. The van der Waals surface area contributed by atoms with Crippen LogP contribution in [-0.2, 0) is 30.4 Å². The number of ether oxygens (including phenoxy) is 1. The Labute approximate surface area is 285 Å². The van der Waals surface area contributed by atoms with Gasteiger partial charge in [-0.1, -0.05) is 67.4 Å². The Balaban J connectivity index is 1.42. The van der Waals surface area contributed by atoms with E-state index in [1.807, 2.05) is 54.6 Å². The summed E-state index contributed by atoms with van der Waals surface area (Å²) in [7, 11) is 1.58. The monoisotopic (exact) mass is 666 g/mol. The van der Waals surface area contributed by atoms with Gasteiger partial charge in [0.05, 0.1) is 12.5 Å². The molecule has 0 bridgehead atoms. The van der Waals surface area contributed by atoms with Crippen LogP contribution in [0.5, 0.6) is 5.75 Å². The van der Waals surface area contributed by atoms with Crippen LogP contribution < -0.4 is 20.3 Å². The molecule has 11 heteroatoms. The number of benzene rings is 3. The highest BCUT2D eigenvalue weighted by Gasteiger charge is 2.48. The van der Waals surface area contributed by atoms with E-state index in [0.717, 1.165) is 24.0 Å². The lowest BCUT2D eigenvalue weighted by molar-refractivity contribution is -0.137. The molecule has 2 aliphatic rings. The fourth-order valence-corrected chi connectivity index (χ4v) is 6.88. The summed E-state index contributed by atoms with van der Waals surface area (Å²) in [4.78, 5) is 67.7. The highest BCUT2D eigenvalue weighted by atomic mass is 16.5. The lowest BCUT2D eigenvalue weighted by Crippen LogP contribution is -2.42. The van der Waals surface area contributed by atoms with Crippen LogP contribution in [0.25, 0.3) is 6.08 Å². The minimum Gasteiger partial charge on any atom is -0.497 e. The van der Waals surface area contributed by atoms with Gasteiger partial charge in [-0.05, 0) is 66.3 Å². The minimum atomic E-state index is -1.29. The topological polar surface area (TPSA) is 145 Å². The number of nitrogens with zero attached hydrogens (tertiary/aromatic N) is 2. The van der Waals surface area contributed by atoms with Crippen LogP contribution in [0.2, 0.25) is 0 Å². The molecule has 4 amide bonds. The second-order valence-electron chi connectivity index (χ2n) is 12.6. The lowest BCUT2D eigenvalue weighted by atomic mass is 9.81. The number of carbonyl (C=O) groups is 5. The molecule has 256 valence electrons. The molecule has 1 saturated carbocycles. The van der Waals surface area contributed by atoms with Gasteiger partial charge in [0.25, 0.3) is 5.91 Å². The maximum Gasteiger partial charge on any atom is 0.352 e. The van der Waals surface area contributed by atoms with Gasteiger partial charge < -0.3 is 25.4 Å². The summed E-state index contributed by atoms with van der Waals surface area (Å²) in [6.45, 7) is 3.20. The number of hydrogen-bond acceptors (Lipinski definition) is 6. The molecule has 49 heavy (non-hydrogen) atoms. The van der Waals surface area contributed by atoms with Crippen LogP contribution in [-0.4, -0.2) is 59.3 Å². The van der Waals surface area contributed by atoms with Gasteiger partial charge in [-0.2, -0.15) is 0 Å². The van der Waals surface area contributed by atoms with E-state index >= 15 is 0 Å². The number of methoxy groups -OCH3 is 1. The predicted octanol–water partition coefficient (Wildman–Crippen LogP) is 4.83. The number of anilines is 1. The first kappa shape index (κ1) is 34.9. The molecule has 1 aliphatic carbocycles. The normalized spacial score (nSPS) is 18.7. The number of nitrogens with one attached hydrogen (secondary N) is 2. The summed E-state index contributed by atoms with van der Waals surface area (Å²) in [5, 5.41) is 15.4. The second kappa shape index (κ2) is 15.2. The molecule has 3 N–H and O–H groups in total. The standard InChI is InChI=1S/C38H42N4O7/c1-25(43)39-22-21-38(19-7-8-20-38)37(48)40-32(36(46)47)23-27-11-15-30(16-12-27)42-34(29-9-5-4-6-10-29)41(26(2)44)33(35(42)45)24-28-13-17-31(49-3)18-14-28/h4-6,9-18,23,33-34H,7-8,19-22,24H2,1-3H3,(H,39,43)(H,40,48)(H,46,47). The highest BCUT2D eigenvalue weighted by Crippen LogP contribution is 2.42. The van der Waals surface area contributed by atoms with Crippen molar-refractivity contribution in [3.05, 3.63) is 101 Å². The van der Waals surface area contributed by atoms with E-state index < -0.39 is 23.6 Å². The summed E-state index contributed by atoms with van der Waals surface area (Å²) >= 11 is 0. The number of carboxylic acids is 1. The van der Waals surface area contributed by atoms with E-state index in [2.05, 4.69) is 10.6 Å². The molecule has 1 heterocycles. The fraction of sp³-hybridized carbons (Fsp3) is 0.342. The number of carboxylic acid groups (broad SMARTS) is 1. The third-order valence-electron chi connectivity index (χ3n) is 9.40. The van der Waals surface area contributed by atoms with E-state index in [0.29, 0.717) is 49.2 Å². The molecular weight excluding hydrogens is 624 g/mol. The number of aliphatic carboxylic acids is 1. The Bertz CT molecular complexity index is 1710. The van der Waals surface area contributed by atoms with Crippen LogP contribution in [0, 0.1) is 5.41 Å². The average Bonchev–Trinajstić information content (AvgIpc) is 3.68. The Morgan fingerprint density at radius 1 is 0.939 bits per heavy atom. The quantitative estimate of drug-likeness (QED) is 0.235. The Morgan fingerprint density at radius 3 is 2.16 bits per heavy atom. The van der Waals surface area contributed by atoms with E-state index in [9.17, 15) is 29.1 Å². The Kier molecular flexibility index (Phi) is 10.8. The van der Waals surface area contributed by atoms with Crippen molar-refractivity contribution in [2.24, 2.45) is 5.41 Å². The SMILES string of the molecule is COc1ccc(CC2C(=O)N(c3ccc(C=C(NC(=O)C4(CCNC(C)=O)CCCC4)C(=O)O)cc3)C(c3ccccc3)N2C(C)=O)cc1. The second-order valence-corrected chi connectivity index (χ2v) is 12.6. The summed E-state index contributed by atoms with van der Waals surface area (Å²) < 4.78 is 5.27. The van der Waals surface area contributed by atoms with Crippen molar-refractivity contribution in [3.8, 4) is 5.75 Å². The zero-order valence-corrected chi connectivity index (χ0v) is 28.0. The van der Waals surface area contributed by atoms with Crippen molar-refractivity contribution in [1.82, 2.24) is 15.5 Å². The van der Waals surface area contributed by atoms with Crippen LogP contribution in [0.1, 0.15) is 68.8 Å². The first-order valence-electron chi connectivity index (χ1n) is 16.4. The molecule has 1 aliphatic heterocycles. The maximum atomic E-state index is 14.2. The zero-order valence-electron chi connectivity index (χ0n) is 28.0. The molecule has 2 unspecified atom stereocenters. The summed E-state index contributed by atoms with van der Waals surface area (Å²) in [6.07, 6.45) is 4.33. The molecule has 0 aromatic heterocycles. The van der Waals surface area contributed by atoms with Gasteiger partial charge in [-0.15, -0.1) is 0 Å². The van der Waals surface area contributed by atoms with E-state index in [1.165, 1.54) is 19.9 Å². The average molecular weight is 667 g/mol. The van der Waals surface area contributed by atoms with Crippen molar-refractivity contribution in [3.63, 3.8) is 0 Å². The van der Waals surface area contributed by atoms with Crippen molar-refractivity contribution in [2.45, 2.75) is 64.6 Å². The Hall–Kier alpha value is -5.45. The number of hydrogen-bond donors (Lipinski definition) is 3. The van der Waals surface area contributed by atoms with E-state index in [4.69, 9.17) is 4.74 Å². The molecule has 11 nitrogen and oxygen atoms in total. The van der Waals surface area contributed by atoms with Gasteiger partial charge in [0.1, 0.15) is 23.7 Å². The Morgan fingerprint density at radius 2 is 1.59 bits per heavy atom. The predicted molar refractivity (Wildman–Crippen MR) is 184 cm³/mol. The first-order valence-corrected chi connectivity index (χ1v) is 16.4. The lowest BCUT2D eigenvalue weighted by Gasteiger charge is -2.31. The maximum absolute atomic E-state index is 14.2. The van der Waals surface area contributed by atoms with Crippen molar-refractivity contribution < 1.29 is 33.8 Å². The molecule has 0 spiro atoms. The minimum absolute atomic E-state index is 0.185. The third kappa shape index (κ3) is 7.83. The van der Waals surface area contributed by atoms with Crippen LogP contribution in [0.3, 0.4) is 0 Å². The molecular formula is C38H42N4O7. The van der Waals surface area contributed by atoms with Crippen molar-refractivity contribution in [1.29, 1.82) is 0 Å². The van der Waals surface area contributed by atoms with Gasteiger partial charge in [0, 0.05) is 32.5 Å². The van der Waals surface area contributed by atoms with Crippen LogP contribution >= 0.6 is 0 Å². The first-order chi connectivity index (χ1) is 23.5. The van der Waals surface area contributed by atoms with Crippen LogP contribution in [0.4, 0.5) is 5.69 Å². The molecule has 5 rings (SSSR count). The van der Waals surface area contributed by atoms with Gasteiger partial charge >= 0.3 is 5.97 Å². The molecule has 1 saturated heterocycles. The summed E-state index contributed by atoms with van der Waals surface area (Å²) in [6, 6.07) is 22.7. The molecule has 3 aromatic rings. The smallest absolute Gasteiger partial charge is 0.352 e. The van der Waals surface area contributed by atoms with Crippen molar-refractivity contribution in [2.75, 3.05) is 18.6 Å². The number of amides is 4. The zero-order chi connectivity index (χ0) is 35.1.